The average Bonchev–Trinajstić information content (AvgIpc) is 2.40. The molecular weight excluding hydrogens is 316 g/mol. The van der Waals surface area contributed by atoms with Gasteiger partial charge in [0.2, 0.25) is 0 Å². The maximum absolute atomic E-state index is 11.3. The van der Waals surface area contributed by atoms with E-state index in [0.717, 1.165) is 24.2 Å². The molecule has 0 N–H and O–H groups in total. The summed E-state index contributed by atoms with van der Waals surface area (Å²) < 4.78 is 11.3. The van der Waals surface area contributed by atoms with Gasteiger partial charge in [-0.1, -0.05) is 42.7 Å². The van der Waals surface area contributed by atoms with Crippen LogP contribution >= 0.6 is 11.6 Å². The van der Waals surface area contributed by atoms with Crippen LogP contribution < -0.4 is 4.90 Å². The number of fused-ring (bicyclic) bond motifs is 1. The highest BCUT2D eigenvalue weighted by molar-refractivity contribution is 7.90. The Hall–Kier alpha value is -0.970. The summed E-state index contributed by atoms with van der Waals surface area (Å²) in [7, 11) is 0. The van der Waals surface area contributed by atoms with E-state index in [1.165, 1.54) is 16.6 Å². The van der Waals surface area contributed by atoms with Crippen LogP contribution in [-0.2, 0) is 11.2 Å². The molecule has 3 nitrogen and oxygen atoms in total. The van der Waals surface area contributed by atoms with Crippen molar-refractivity contribution in [1.29, 1.82) is 0 Å². The Morgan fingerprint density at radius 3 is 2.73 bits per heavy atom. The van der Waals surface area contributed by atoms with E-state index in [-0.39, 0.29) is 0 Å². The van der Waals surface area contributed by atoms with Gasteiger partial charge in [0.05, 0.1) is 6.26 Å². The number of halogens is 1. The van der Waals surface area contributed by atoms with E-state index in [9.17, 15) is 4.55 Å². The standard InChI is InChI=1S/C17H21ClN2OS/c1-11(2)13-4-5-16(15-7-19-17(18)6-14(13)15)20-8-12(9-20)10-22(3)21/h4-7,11-12H,8-10H2,1-3H3/t22-/m0/s1. The Labute approximate surface area is 139 Å². The van der Waals surface area contributed by atoms with Gasteiger partial charge in [-0.2, -0.15) is 0 Å². The normalized spacial score (nSPS) is 17.1. The molecule has 5 heteroatoms. The summed E-state index contributed by atoms with van der Waals surface area (Å²) in [4.78, 5) is 6.61. The SMILES string of the molecule is CC(C)c1ccc(N2CC(C[S@+](C)[O-])C2)c2cnc(Cl)cc12. The average molecular weight is 337 g/mol. The Morgan fingerprint density at radius 2 is 2.09 bits per heavy atom. The number of anilines is 1. The molecule has 1 saturated heterocycles. The molecule has 1 aromatic carbocycles. The molecule has 1 aliphatic heterocycles. The first-order valence-electron chi connectivity index (χ1n) is 7.59. The monoisotopic (exact) mass is 336 g/mol. The van der Waals surface area contributed by atoms with Gasteiger partial charge in [0, 0.05) is 36.3 Å². The summed E-state index contributed by atoms with van der Waals surface area (Å²) in [5, 5.41) is 2.89. The summed E-state index contributed by atoms with van der Waals surface area (Å²) in [6.07, 6.45) is 3.66. The number of nitrogens with zero attached hydrogens (tertiary/aromatic N) is 2. The van der Waals surface area contributed by atoms with Gasteiger partial charge in [0.1, 0.15) is 10.9 Å². The number of hydrogen-bond donors (Lipinski definition) is 0. The van der Waals surface area contributed by atoms with Crippen molar-refractivity contribution < 1.29 is 4.55 Å². The maximum atomic E-state index is 11.3. The summed E-state index contributed by atoms with van der Waals surface area (Å²) in [6.45, 7) is 6.33. The lowest BCUT2D eigenvalue weighted by Gasteiger charge is -2.41. The Kier molecular flexibility index (Phi) is 4.53. The third-order valence-corrected chi connectivity index (χ3v) is 5.42. The second-order valence-electron chi connectivity index (χ2n) is 6.39. The molecule has 0 unspecified atom stereocenters. The molecule has 1 aliphatic rings. The van der Waals surface area contributed by atoms with Gasteiger partial charge >= 0.3 is 0 Å². The van der Waals surface area contributed by atoms with Gasteiger partial charge in [-0.05, 0) is 29.0 Å². The minimum absolute atomic E-state index is 0.446. The van der Waals surface area contributed by atoms with Crippen molar-refractivity contribution in [3.63, 3.8) is 0 Å². The summed E-state index contributed by atoms with van der Waals surface area (Å²) >= 11 is 5.38. The lowest BCUT2D eigenvalue weighted by Crippen LogP contribution is -2.49. The number of aromatic nitrogens is 1. The first kappa shape index (κ1) is 15.9. The predicted molar refractivity (Wildman–Crippen MR) is 95.5 cm³/mol. The molecule has 2 heterocycles. The summed E-state index contributed by atoms with van der Waals surface area (Å²) in [5.41, 5.74) is 2.51. The molecule has 2 aromatic rings. The van der Waals surface area contributed by atoms with Crippen molar-refractivity contribution in [3.8, 4) is 0 Å². The van der Waals surface area contributed by atoms with E-state index in [0.29, 0.717) is 17.0 Å². The highest BCUT2D eigenvalue weighted by Crippen LogP contribution is 2.36. The molecule has 3 rings (SSSR count). The van der Waals surface area contributed by atoms with Crippen LogP contribution in [0, 0.1) is 5.92 Å². The topological polar surface area (TPSA) is 39.2 Å². The van der Waals surface area contributed by atoms with Crippen LogP contribution in [0.15, 0.2) is 24.4 Å². The van der Waals surface area contributed by atoms with Crippen molar-refractivity contribution in [2.24, 2.45) is 5.92 Å². The summed E-state index contributed by atoms with van der Waals surface area (Å²) in [5.74, 6) is 1.77. The zero-order valence-electron chi connectivity index (χ0n) is 13.2. The zero-order chi connectivity index (χ0) is 15.9. The highest BCUT2D eigenvalue weighted by Gasteiger charge is 2.30. The fourth-order valence-electron chi connectivity index (χ4n) is 3.20. The third-order valence-electron chi connectivity index (χ3n) is 4.27. The predicted octanol–water partition coefficient (Wildman–Crippen LogP) is 3.83. The molecule has 0 saturated carbocycles. The Morgan fingerprint density at radius 1 is 1.36 bits per heavy atom. The second kappa shape index (κ2) is 6.26. The van der Waals surface area contributed by atoms with Crippen LogP contribution in [0.2, 0.25) is 5.15 Å². The number of pyridine rings is 1. The minimum Gasteiger partial charge on any atom is -0.617 e. The van der Waals surface area contributed by atoms with E-state index >= 15 is 0 Å². The molecule has 0 radical (unpaired) electrons. The van der Waals surface area contributed by atoms with Gasteiger partial charge < -0.3 is 9.45 Å². The first-order chi connectivity index (χ1) is 10.5. The molecule has 1 atom stereocenters. The van der Waals surface area contributed by atoms with Gasteiger partial charge in [0.25, 0.3) is 0 Å². The van der Waals surface area contributed by atoms with Crippen molar-refractivity contribution in [1.82, 2.24) is 4.98 Å². The fraction of sp³-hybridized carbons (Fsp3) is 0.471. The second-order valence-corrected chi connectivity index (χ2v) is 8.26. The smallest absolute Gasteiger partial charge is 0.129 e. The lowest BCUT2D eigenvalue weighted by molar-refractivity contribution is 0.445. The number of rotatable bonds is 4. The quantitative estimate of drug-likeness (QED) is 0.629. The van der Waals surface area contributed by atoms with Crippen LogP contribution in [-0.4, -0.2) is 34.6 Å². The Bertz CT molecular complexity index is 684. The molecule has 1 fully saturated rings. The van der Waals surface area contributed by atoms with Crippen LogP contribution in [0.5, 0.6) is 0 Å². The van der Waals surface area contributed by atoms with E-state index in [1.54, 1.807) is 6.26 Å². The number of hydrogen-bond acceptors (Lipinski definition) is 3. The van der Waals surface area contributed by atoms with E-state index < -0.39 is 11.2 Å². The molecule has 118 valence electrons. The van der Waals surface area contributed by atoms with Crippen LogP contribution in [0.1, 0.15) is 25.3 Å². The van der Waals surface area contributed by atoms with Crippen molar-refractivity contribution in [2.45, 2.75) is 19.8 Å². The maximum Gasteiger partial charge on any atom is 0.129 e. The molecule has 0 amide bonds. The van der Waals surface area contributed by atoms with Crippen molar-refractivity contribution in [2.75, 3.05) is 30.0 Å². The molecule has 1 aromatic heterocycles. The Balaban J connectivity index is 1.94. The highest BCUT2D eigenvalue weighted by atomic mass is 35.5. The van der Waals surface area contributed by atoms with Crippen molar-refractivity contribution in [3.05, 3.63) is 35.1 Å². The van der Waals surface area contributed by atoms with Gasteiger partial charge in [0.15, 0.2) is 0 Å². The lowest BCUT2D eigenvalue weighted by atomic mass is 9.94. The van der Waals surface area contributed by atoms with Crippen LogP contribution in [0.25, 0.3) is 10.8 Å². The molecular formula is C17H21ClN2OS. The third kappa shape index (κ3) is 3.05. The molecule has 22 heavy (non-hydrogen) atoms. The minimum atomic E-state index is -0.712. The van der Waals surface area contributed by atoms with Crippen LogP contribution in [0.4, 0.5) is 5.69 Å². The van der Waals surface area contributed by atoms with E-state index in [1.807, 2.05) is 12.3 Å². The zero-order valence-corrected chi connectivity index (χ0v) is 14.7. The van der Waals surface area contributed by atoms with E-state index in [2.05, 4.69) is 35.9 Å². The fourth-order valence-corrected chi connectivity index (χ4v) is 4.24. The molecule has 0 spiro atoms. The van der Waals surface area contributed by atoms with Gasteiger partial charge in [-0.3, -0.25) is 0 Å². The van der Waals surface area contributed by atoms with Gasteiger partial charge in [-0.15, -0.1) is 0 Å². The molecule has 0 bridgehead atoms. The summed E-state index contributed by atoms with van der Waals surface area (Å²) in [6, 6.07) is 6.35. The largest absolute Gasteiger partial charge is 0.617 e. The van der Waals surface area contributed by atoms with Crippen molar-refractivity contribution >= 4 is 39.2 Å². The van der Waals surface area contributed by atoms with Gasteiger partial charge in [-0.25, -0.2) is 4.98 Å². The molecule has 0 aliphatic carbocycles. The first-order valence-corrected chi connectivity index (χ1v) is 9.69. The van der Waals surface area contributed by atoms with E-state index in [4.69, 9.17) is 11.6 Å². The number of benzene rings is 1. The van der Waals surface area contributed by atoms with Crippen LogP contribution in [0.3, 0.4) is 0 Å².